The average Bonchev–Trinajstić information content (AvgIpc) is 2.20. The van der Waals surface area contributed by atoms with Crippen LogP contribution in [0.3, 0.4) is 0 Å². The highest BCUT2D eigenvalue weighted by molar-refractivity contribution is 6.30. The molecule has 0 spiro atoms. The molecule has 3 heteroatoms. The van der Waals surface area contributed by atoms with Gasteiger partial charge in [-0.1, -0.05) is 25.4 Å². The molecule has 1 N–H and O–H groups in total. The normalized spacial score (nSPS) is 10.7. The van der Waals surface area contributed by atoms with Crippen LogP contribution in [-0.2, 0) is 0 Å². The van der Waals surface area contributed by atoms with E-state index in [0.717, 1.165) is 16.3 Å². The van der Waals surface area contributed by atoms with Crippen LogP contribution >= 0.6 is 11.6 Å². The number of aliphatic hydroxyl groups is 1. The number of hydrogen-bond donors (Lipinski definition) is 1. The molecule has 0 aliphatic rings. The van der Waals surface area contributed by atoms with Gasteiger partial charge in [0.2, 0.25) is 0 Å². The molecule has 0 heterocycles. The Labute approximate surface area is 95.8 Å². The van der Waals surface area contributed by atoms with Gasteiger partial charge in [-0.3, -0.25) is 0 Å². The third-order valence-corrected chi connectivity index (χ3v) is 2.39. The van der Waals surface area contributed by atoms with E-state index in [2.05, 4.69) is 13.8 Å². The Balaban J connectivity index is 2.77. The van der Waals surface area contributed by atoms with E-state index < -0.39 is 0 Å². The predicted octanol–water partition coefficient (Wildman–Crippen LogP) is 3.22. The van der Waals surface area contributed by atoms with E-state index in [1.54, 1.807) is 0 Å². The summed E-state index contributed by atoms with van der Waals surface area (Å²) in [4.78, 5) is 0. The van der Waals surface area contributed by atoms with Crippen molar-refractivity contribution in [3.63, 3.8) is 0 Å². The van der Waals surface area contributed by atoms with Crippen molar-refractivity contribution in [1.82, 2.24) is 0 Å². The maximum Gasteiger partial charge on any atom is 0.122 e. The molecular formula is C12H17ClO2. The fraction of sp³-hybridized carbons (Fsp3) is 0.500. The summed E-state index contributed by atoms with van der Waals surface area (Å²) in [7, 11) is 0. The van der Waals surface area contributed by atoms with Crippen LogP contribution < -0.4 is 4.74 Å². The monoisotopic (exact) mass is 228 g/mol. The van der Waals surface area contributed by atoms with Crippen molar-refractivity contribution >= 4 is 11.6 Å². The molecule has 0 aromatic heterocycles. The lowest BCUT2D eigenvalue weighted by Gasteiger charge is -2.14. The van der Waals surface area contributed by atoms with E-state index in [-0.39, 0.29) is 6.61 Å². The zero-order chi connectivity index (χ0) is 11.3. The minimum Gasteiger partial charge on any atom is -0.493 e. The zero-order valence-electron chi connectivity index (χ0n) is 9.16. The molecule has 0 radical (unpaired) electrons. The number of ether oxygens (including phenoxy) is 1. The first-order valence-electron chi connectivity index (χ1n) is 5.18. The molecule has 0 saturated heterocycles. The standard InChI is InChI=1S/C12H17ClO2/c1-9(2)11-8-10(13)4-5-12(11)15-7-3-6-14/h4-5,8-9,14H,3,6-7H2,1-2H3. The molecule has 1 rings (SSSR count). The number of benzene rings is 1. The predicted molar refractivity (Wildman–Crippen MR) is 62.7 cm³/mol. The van der Waals surface area contributed by atoms with E-state index in [1.165, 1.54) is 0 Å². The fourth-order valence-electron chi connectivity index (χ4n) is 1.35. The van der Waals surface area contributed by atoms with Gasteiger partial charge in [0.15, 0.2) is 0 Å². The molecular weight excluding hydrogens is 212 g/mol. The number of halogens is 1. The van der Waals surface area contributed by atoms with Crippen LogP contribution in [0, 0.1) is 0 Å². The van der Waals surface area contributed by atoms with Crippen LogP contribution in [-0.4, -0.2) is 18.3 Å². The SMILES string of the molecule is CC(C)c1cc(Cl)ccc1OCCCO. The minimum absolute atomic E-state index is 0.157. The Bertz CT molecular complexity index is 310. The summed E-state index contributed by atoms with van der Waals surface area (Å²) in [5.41, 5.74) is 1.11. The number of hydrogen-bond acceptors (Lipinski definition) is 2. The van der Waals surface area contributed by atoms with E-state index in [4.69, 9.17) is 21.4 Å². The van der Waals surface area contributed by atoms with E-state index in [9.17, 15) is 0 Å². The van der Waals surface area contributed by atoms with Gasteiger partial charge in [0.25, 0.3) is 0 Å². The number of rotatable bonds is 5. The van der Waals surface area contributed by atoms with Crippen LogP contribution in [0.2, 0.25) is 5.02 Å². The smallest absolute Gasteiger partial charge is 0.122 e. The first-order valence-corrected chi connectivity index (χ1v) is 5.56. The van der Waals surface area contributed by atoms with Crippen LogP contribution in [0.1, 0.15) is 31.7 Å². The largest absolute Gasteiger partial charge is 0.493 e. The van der Waals surface area contributed by atoms with Crippen molar-refractivity contribution in [2.45, 2.75) is 26.2 Å². The average molecular weight is 229 g/mol. The second-order valence-corrected chi connectivity index (χ2v) is 4.20. The highest BCUT2D eigenvalue weighted by Gasteiger charge is 2.08. The summed E-state index contributed by atoms with van der Waals surface area (Å²) < 4.78 is 5.58. The summed E-state index contributed by atoms with van der Waals surface area (Å²) in [5.74, 6) is 1.25. The van der Waals surface area contributed by atoms with E-state index in [0.29, 0.717) is 18.9 Å². The van der Waals surface area contributed by atoms with E-state index >= 15 is 0 Å². The van der Waals surface area contributed by atoms with Crippen molar-refractivity contribution < 1.29 is 9.84 Å². The lowest BCUT2D eigenvalue weighted by atomic mass is 10.0. The van der Waals surface area contributed by atoms with Gasteiger partial charge in [0.1, 0.15) is 5.75 Å². The highest BCUT2D eigenvalue weighted by Crippen LogP contribution is 2.29. The van der Waals surface area contributed by atoms with Crippen LogP contribution in [0.4, 0.5) is 0 Å². The molecule has 0 atom stereocenters. The summed E-state index contributed by atoms with van der Waals surface area (Å²) in [6, 6.07) is 5.64. The second kappa shape index (κ2) is 5.99. The molecule has 15 heavy (non-hydrogen) atoms. The molecule has 1 aromatic rings. The highest BCUT2D eigenvalue weighted by atomic mass is 35.5. The maximum absolute atomic E-state index is 8.67. The van der Waals surface area contributed by atoms with Gasteiger partial charge in [-0.05, 0) is 29.7 Å². The van der Waals surface area contributed by atoms with Crippen LogP contribution in [0.5, 0.6) is 5.75 Å². The molecule has 0 fully saturated rings. The van der Waals surface area contributed by atoms with Crippen molar-refractivity contribution in [2.24, 2.45) is 0 Å². The zero-order valence-corrected chi connectivity index (χ0v) is 9.92. The molecule has 0 amide bonds. The lowest BCUT2D eigenvalue weighted by molar-refractivity contribution is 0.232. The van der Waals surface area contributed by atoms with Crippen LogP contribution in [0.15, 0.2) is 18.2 Å². The molecule has 0 aliphatic carbocycles. The second-order valence-electron chi connectivity index (χ2n) is 3.76. The minimum atomic E-state index is 0.157. The maximum atomic E-state index is 8.67. The lowest BCUT2D eigenvalue weighted by Crippen LogP contribution is -2.02. The van der Waals surface area contributed by atoms with Gasteiger partial charge >= 0.3 is 0 Å². The fourth-order valence-corrected chi connectivity index (χ4v) is 1.53. The molecule has 0 bridgehead atoms. The van der Waals surface area contributed by atoms with Gasteiger partial charge in [0.05, 0.1) is 6.61 Å². The third-order valence-electron chi connectivity index (χ3n) is 2.15. The Kier molecular flexibility index (Phi) is 4.92. The van der Waals surface area contributed by atoms with Crippen LogP contribution in [0.25, 0.3) is 0 Å². The van der Waals surface area contributed by atoms with Gasteiger partial charge in [-0.2, -0.15) is 0 Å². The Morgan fingerprint density at radius 1 is 1.40 bits per heavy atom. The van der Waals surface area contributed by atoms with Gasteiger partial charge in [0, 0.05) is 18.1 Å². The molecule has 1 aromatic carbocycles. The Hall–Kier alpha value is -0.730. The summed E-state index contributed by atoms with van der Waals surface area (Å²) in [6.07, 6.45) is 0.653. The van der Waals surface area contributed by atoms with Crippen molar-refractivity contribution in [3.8, 4) is 5.75 Å². The summed E-state index contributed by atoms with van der Waals surface area (Å²) in [5, 5.41) is 9.40. The quantitative estimate of drug-likeness (QED) is 0.785. The molecule has 2 nitrogen and oxygen atoms in total. The van der Waals surface area contributed by atoms with Gasteiger partial charge in [-0.15, -0.1) is 0 Å². The van der Waals surface area contributed by atoms with E-state index in [1.807, 2.05) is 18.2 Å². The van der Waals surface area contributed by atoms with Gasteiger partial charge < -0.3 is 9.84 Å². The van der Waals surface area contributed by atoms with Crippen molar-refractivity contribution in [2.75, 3.05) is 13.2 Å². The first kappa shape index (κ1) is 12.3. The van der Waals surface area contributed by atoms with Crippen molar-refractivity contribution in [1.29, 1.82) is 0 Å². The number of aliphatic hydroxyl groups excluding tert-OH is 1. The summed E-state index contributed by atoms with van der Waals surface area (Å²) in [6.45, 7) is 4.90. The molecule has 0 unspecified atom stereocenters. The molecule has 0 saturated carbocycles. The molecule has 0 aliphatic heterocycles. The van der Waals surface area contributed by atoms with Crippen molar-refractivity contribution in [3.05, 3.63) is 28.8 Å². The molecule has 84 valence electrons. The first-order chi connectivity index (χ1) is 7.15. The Morgan fingerprint density at radius 2 is 2.13 bits per heavy atom. The summed E-state index contributed by atoms with van der Waals surface area (Å²) >= 11 is 5.93. The van der Waals surface area contributed by atoms with Gasteiger partial charge in [-0.25, -0.2) is 0 Å². The Morgan fingerprint density at radius 3 is 2.73 bits per heavy atom. The topological polar surface area (TPSA) is 29.5 Å². The third kappa shape index (κ3) is 3.73.